The molecule has 1 fully saturated rings. The maximum Gasteiger partial charge on any atom is 0.308 e. The van der Waals surface area contributed by atoms with Crippen LogP contribution >= 0.6 is 11.3 Å². The molecule has 0 saturated heterocycles. The summed E-state index contributed by atoms with van der Waals surface area (Å²) >= 11 is 1.31. The lowest BCUT2D eigenvalue weighted by Crippen LogP contribution is -2.43. The van der Waals surface area contributed by atoms with Gasteiger partial charge < -0.3 is 15.2 Å². The number of nitrogens with one attached hydrogen (secondary N) is 1. The SMILES string of the molecule is COc1csc(C(=O)NC2CCCCCCC2C(=O)O)c1. The number of carbonyl (C=O) groups excluding carboxylic acids is 1. The van der Waals surface area contributed by atoms with Crippen molar-refractivity contribution in [2.24, 2.45) is 5.92 Å². The van der Waals surface area contributed by atoms with Crippen LogP contribution in [-0.4, -0.2) is 30.1 Å². The van der Waals surface area contributed by atoms with Gasteiger partial charge in [-0.15, -0.1) is 11.3 Å². The Balaban J connectivity index is 2.05. The summed E-state index contributed by atoms with van der Waals surface area (Å²) in [6, 6.07) is 1.39. The van der Waals surface area contributed by atoms with Crippen LogP contribution in [0.3, 0.4) is 0 Å². The van der Waals surface area contributed by atoms with Gasteiger partial charge in [-0.2, -0.15) is 0 Å². The molecule has 1 aliphatic carbocycles. The molecule has 2 atom stereocenters. The largest absolute Gasteiger partial charge is 0.496 e. The molecule has 116 valence electrons. The van der Waals surface area contributed by atoms with Gasteiger partial charge >= 0.3 is 5.97 Å². The number of carbonyl (C=O) groups is 2. The Hall–Kier alpha value is -1.56. The number of aliphatic carboxylic acids is 1. The zero-order valence-corrected chi connectivity index (χ0v) is 12.9. The third-order valence-corrected chi connectivity index (χ3v) is 4.84. The minimum absolute atomic E-state index is 0.208. The summed E-state index contributed by atoms with van der Waals surface area (Å²) in [5.41, 5.74) is 0. The minimum atomic E-state index is -0.814. The van der Waals surface area contributed by atoms with Gasteiger partial charge in [-0.3, -0.25) is 9.59 Å². The molecule has 2 rings (SSSR count). The molecule has 0 spiro atoms. The van der Waals surface area contributed by atoms with Crippen LogP contribution in [0.1, 0.15) is 48.2 Å². The molecule has 2 unspecified atom stereocenters. The fourth-order valence-electron chi connectivity index (χ4n) is 2.74. The molecular weight excluding hydrogens is 290 g/mol. The summed E-state index contributed by atoms with van der Waals surface area (Å²) in [7, 11) is 1.55. The molecule has 1 aromatic heterocycles. The second kappa shape index (κ2) is 7.45. The predicted molar refractivity (Wildman–Crippen MR) is 81.0 cm³/mol. The Bertz CT molecular complexity index is 500. The highest BCUT2D eigenvalue weighted by Gasteiger charge is 2.30. The van der Waals surface area contributed by atoms with E-state index in [2.05, 4.69) is 5.32 Å². The van der Waals surface area contributed by atoms with E-state index in [4.69, 9.17) is 4.74 Å². The quantitative estimate of drug-likeness (QED) is 0.896. The number of hydrogen-bond donors (Lipinski definition) is 2. The second-order valence-electron chi connectivity index (χ2n) is 5.37. The lowest BCUT2D eigenvalue weighted by molar-refractivity contribution is -0.143. The highest BCUT2D eigenvalue weighted by Crippen LogP contribution is 2.25. The van der Waals surface area contributed by atoms with Crippen molar-refractivity contribution in [3.63, 3.8) is 0 Å². The topological polar surface area (TPSA) is 75.6 Å². The first-order valence-corrected chi connectivity index (χ1v) is 8.16. The number of thiophene rings is 1. The standard InChI is InChI=1S/C15H21NO4S/c1-20-10-8-13(21-9-10)14(17)16-12-7-5-3-2-4-6-11(12)15(18)19/h8-9,11-12H,2-7H2,1H3,(H,16,17)(H,18,19). The van der Waals surface area contributed by atoms with Crippen molar-refractivity contribution in [1.82, 2.24) is 5.32 Å². The summed E-state index contributed by atoms with van der Waals surface area (Å²) in [5, 5.41) is 14.1. The van der Waals surface area contributed by atoms with Crippen molar-refractivity contribution >= 4 is 23.2 Å². The first-order chi connectivity index (χ1) is 10.1. The summed E-state index contributed by atoms with van der Waals surface area (Å²) in [6.45, 7) is 0. The highest BCUT2D eigenvalue weighted by atomic mass is 32.1. The van der Waals surface area contributed by atoms with Gasteiger partial charge in [-0.05, 0) is 12.8 Å². The van der Waals surface area contributed by atoms with E-state index in [0.717, 1.165) is 32.1 Å². The molecule has 0 bridgehead atoms. The Morgan fingerprint density at radius 1 is 1.29 bits per heavy atom. The van der Waals surface area contributed by atoms with Gasteiger partial charge in [0.2, 0.25) is 0 Å². The summed E-state index contributed by atoms with van der Waals surface area (Å²) in [5.74, 6) is -0.861. The van der Waals surface area contributed by atoms with Crippen LogP contribution in [0.5, 0.6) is 5.75 Å². The number of methoxy groups -OCH3 is 1. The average molecular weight is 311 g/mol. The maximum absolute atomic E-state index is 12.3. The van der Waals surface area contributed by atoms with Gasteiger partial charge in [-0.1, -0.05) is 25.7 Å². The van der Waals surface area contributed by atoms with Gasteiger partial charge in [0.1, 0.15) is 5.75 Å². The fraction of sp³-hybridized carbons (Fsp3) is 0.600. The van der Waals surface area contributed by atoms with E-state index in [-0.39, 0.29) is 11.9 Å². The zero-order valence-electron chi connectivity index (χ0n) is 12.1. The summed E-state index contributed by atoms with van der Waals surface area (Å²) in [4.78, 5) is 24.2. The molecule has 0 radical (unpaired) electrons. The lowest BCUT2D eigenvalue weighted by Gasteiger charge is -2.27. The molecule has 1 amide bonds. The van der Waals surface area contributed by atoms with Crippen LogP contribution in [-0.2, 0) is 4.79 Å². The monoisotopic (exact) mass is 311 g/mol. The predicted octanol–water partition coefficient (Wildman–Crippen LogP) is 2.91. The van der Waals surface area contributed by atoms with Crippen LogP contribution in [0.4, 0.5) is 0 Å². The lowest BCUT2D eigenvalue weighted by atomic mass is 9.87. The number of ether oxygens (including phenoxy) is 1. The first-order valence-electron chi connectivity index (χ1n) is 7.28. The van der Waals surface area contributed by atoms with Crippen LogP contribution in [0.25, 0.3) is 0 Å². The Labute approximate surface area is 128 Å². The zero-order chi connectivity index (χ0) is 15.2. The van der Waals surface area contributed by atoms with Gasteiger partial charge in [-0.25, -0.2) is 0 Å². The normalized spacial score (nSPS) is 22.9. The van der Waals surface area contributed by atoms with Crippen LogP contribution < -0.4 is 10.1 Å². The van der Waals surface area contributed by atoms with Gasteiger partial charge in [0.05, 0.1) is 17.9 Å². The van der Waals surface area contributed by atoms with E-state index in [0.29, 0.717) is 17.0 Å². The smallest absolute Gasteiger partial charge is 0.308 e. The van der Waals surface area contributed by atoms with Gasteiger partial charge in [0.15, 0.2) is 0 Å². The minimum Gasteiger partial charge on any atom is -0.496 e. The van der Waals surface area contributed by atoms with E-state index >= 15 is 0 Å². The Morgan fingerprint density at radius 3 is 2.62 bits per heavy atom. The van der Waals surface area contributed by atoms with Crippen molar-refractivity contribution in [1.29, 1.82) is 0 Å². The van der Waals surface area contributed by atoms with E-state index in [1.807, 2.05) is 0 Å². The fourth-order valence-corrected chi connectivity index (χ4v) is 3.49. The van der Waals surface area contributed by atoms with Gasteiger partial charge in [0, 0.05) is 17.5 Å². The van der Waals surface area contributed by atoms with Crippen LogP contribution in [0.2, 0.25) is 0 Å². The molecule has 0 aromatic carbocycles. The molecule has 1 saturated carbocycles. The van der Waals surface area contributed by atoms with Crippen LogP contribution in [0.15, 0.2) is 11.4 Å². The highest BCUT2D eigenvalue weighted by molar-refractivity contribution is 7.12. The number of hydrogen-bond acceptors (Lipinski definition) is 4. The molecule has 6 heteroatoms. The third-order valence-electron chi connectivity index (χ3n) is 3.93. The molecular formula is C15H21NO4S. The molecule has 2 N–H and O–H groups in total. The molecule has 1 aromatic rings. The number of carboxylic acid groups (broad SMARTS) is 1. The van der Waals surface area contributed by atoms with E-state index in [1.165, 1.54) is 11.3 Å². The van der Waals surface area contributed by atoms with Crippen molar-refractivity contribution < 1.29 is 19.4 Å². The molecule has 0 aliphatic heterocycles. The summed E-state index contributed by atoms with van der Waals surface area (Å²) < 4.78 is 5.07. The third kappa shape index (κ3) is 4.20. The molecule has 21 heavy (non-hydrogen) atoms. The average Bonchev–Trinajstić information content (AvgIpc) is 2.90. The Kier molecular flexibility index (Phi) is 5.61. The number of amides is 1. The maximum atomic E-state index is 12.3. The Morgan fingerprint density at radius 2 is 2.00 bits per heavy atom. The number of carboxylic acids is 1. The number of rotatable bonds is 4. The second-order valence-corrected chi connectivity index (χ2v) is 6.28. The van der Waals surface area contributed by atoms with E-state index in [9.17, 15) is 14.7 Å². The van der Waals surface area contributed by atoms with Crippen molar-refractivity contribution in [3.8, 4) is 5.75 Å². The molecule has 1 aliphatic rings. The van der Waals surface area contributed by atoms with Gasteiger partial charge in [0.25, 0.3) is 5.91 Å². The first kappa shape index (κ1) is 15.8. The molecule has 5 nitrogen and oxygen atoms in total. The van der Waals surface area contributed by atoms with Crippen molar-refractivity contribution in [2.75, 3.05) is 7.11 Å². The van der Waals surface area contributed by atoms with Crippen LogP contribution in [0, 0.1) is 5.92 Å². The van der Waals surface area contributed by atoms with Crippen molar-refractivity contribution in [2.45, 2.75) is 44.6 Å². The van der Waals surface area contributed by atoms with E-state index in [1.54, 1.807) is 18.6 Å². The summed E-state index contributed by atoms with van der Waals surface area (Å²) in [6.07, 6.45) is 5.41. The molecule has 1 heterocycles. The van der Waals surface area contributed by atoms with E-state index < -0.39 is 11.9 Å². The van der Waals surface area contributed by atoms with Crippen molar-refractivity contribution in [3.05, 3.63) is 16.3 Å².